The quantitative estimate of drug-likeness (QED) is 0.742. The first-order valence-corrected chi connectivity index (χ1v) is 6.74. The fourth-order valence-electron chi connectivity index (χ4n) is 2.81. The molecule has 0 amide bonds. The Balaban J connectivity index is 2.67. The number of hydrogen-bond donors (Lipinski definition) is 2. The maximum absolute atomic E-state index is 12.6. The van der Waals surface area contributed by atoms with Crippen LogP contribution in [-0.4, -0.2) is 30.1 Å². The third kappa shape index (κ3) is 1.82. The van der Waals surface area contributed by atoms with E-state index in [1.165, 1.54) is 17.9 Å². The van der Waals surface area contributed by atoms with Gasteiger partial charge < -0.3 is 10.2 Å². The van der Waals surface area contributed by atoms with Crippen molar-refractivity contribution < 1.29 is 15.0 Å². The normalized spacial score (nSPS) is 12.9. The predicted octanol–water partition coefficient (Wildman–Crippen LogP) is 1.25. The van der Waals surface area contributed by atoms with Crippen LogP contribution in [0.1, 0.15) is 34.6 Å². The summed E-state index contributed by atoms with van der Waals surface area (Å²) in [5.41, 5.74) is 1.56. The van der Waals surface area contributed by atoms with E-state index in [0.29, 0.717) is 16.5 Å². The predicted molar refractivity (Wildman–Crippen MR) is 80.3 cm³/mol. The molecular formula is C15H15N3O4. The van der Waals surface area contributed by atoms with E-state index in [4.69, 9.17) is 0 Å². The lowest BCUT2D eigenvalue weighted by Crippen LogP contribution is -2.22. The van der Waals surface area contributed by atoms with Crippen LogP contribution in [0, 0.1) is 6.92 Å². The SMILES string of the molecule is Cc1cc(C(C)O)c2c(c1)c(=O)n(C)c1c(C(=O)O)ncn21. The molecule has 0 saturated carbocycles. The number of carboxylic acid groups (broad SMARTS) is 1. The number of hydrogen-bond acceptors (Lipinski definition) is 4. The highest BCUT2D eigenvalue weighted by Crippen LogP contribution is 2.26. The Morgan fingerprint density at radius 2 is 2.05 bits per heavy atom. The van der Waals surface area contributed by atoms with Crippen LogP contribution in [-0.2, 0) is 7.05 Å². The lowest BCUT2D eigenvalue weighted by Gasteiger charge is -2.14. The molecule has 0 saturated heterocycles. The maximum atomic E-state index is 12.6. The van der Waals surface area contributed by atoms with E-state index in [1.807, 2.05) is 6.92 Å². The number of carboxylic acids is 1. The van der Waals surface area contributed by atoms with Gasteiger partial charge in [0.1, 0.15) is 6.33 Å². The van der Waals surface area contributed by atoms with Crippen LogP contribution < -0.4 is 5.56 Å². The van der Waals surface area contributed by atoms with Gasteiger partial charge in [0.2, 0.25) is 0 Å². The average molecular weight is 301 g/mol. The molecule has 1 aromatic carbocycles. The minimum absolute atomic E-state index is 0.191. The van der Waals surface area contributed by atoms with Crippen LogP contribution in [0.5, 0.6) is 0 Å². The summed E-state index contributed by atoms with van der Waals surface area (Å²) in [4.78, 5) is 27.8. The van der Waals surface area contributed by atoms with Gasteiger partial charge in [0.25, 0.3) is 5.56 Å². The molecule has 0 aliphatic heterocycles. The number of aliphatic hydroxyl groups is 1. The van der Waals surface area contributed by atoms with E-state index in [9.17, 15) is 19.8 Å². The number of aromatic carboxylic acids is 1. The van der Waals surface area contributed by atoms with Crippen molar-refractivity contribution in [2.75, 3.05) is 0 Å². The molecule has 0 fully saturated rings. The van der Waals surface area contributed by atoms with Gasteiger partial charge in [-0.2, -0.15) is 0 Å². The van der Waals surface area contributed by atoms with Crippen LogP contribution in [0.4, 0.5) is 0 Å². The van der Waals surface area contributed by atoms with Crippen molar-refractivity contribution in [3.63, 3.8) is 0 Å². The number of aliphatic hydroxyl groups excluding tert-OH is 1. The van der Waals surface area contributed by atoms with E-state index in [-0.39, 0.29) is 16.9 Å². The first kappa shape index (κ1) is 14.3. The molecule has 3 aromatic rings. The van der Waals surface area contributed by atoms with E-state index in [2.05, 4.69) is 4.98 Å². The topological polar surface area (TPSA) is 96.8 Å². The van der Waals surface area contributed by atoms with Gasteiger partial charge in [-0.3, -0.25) is 13.8 Å². The van der Waals surface area contributed by atoms with E-state index >= 15 is 0 Å². The molecular weight excluding hydrogens is 286 g/mol. The van der Waals surface area contributed by atoms with Crippen molar-refractivity contribution in [3.05, 3.63) is 45.6 Å². The Labute approximate surface area is 125 Å². The van der Waals surface area contributed by atoms with Gasteiger partial charge in [-0.15, -0.1) is 0 Å². The summed E-state index contributed by atoms with van der Waals surface area (Å²) in [6.07, 6.45) is 0.565. The molecule has 2 heterocycles. The largest absolute Gasteiger partial charge is 0.476 e. The van der Waals surface area contributed by atoms with E-state index < -0.39 is 12.1 Å². The van der Waals surface area contributed by atoms with Gasteiger partial charge in [-0.05, 0) is 25.5 Å². The molecule has 0 aliphatic rings. The molecule has 114 valence electrons. The van der Waals surface area contributed by atoms with Crippen LogP contribution in [0.15, 0.2) is 23.3 Å². The first-order chi connectivity index (χ1) is 10.3. The van der Waals surface area contributed by atoms with Crippen LogP contribution >= 0.6 is 0 Å². The van der Waals surface area contributed by atoms with Crippen LogP contribution in [0.3, 0.4) is 0 Å². The number of carbonyl (C=O) groups is 1. The van der Waals surface area contributed by atoms with Gasteiger partial charge in [0.05, 0.1) is 17.0 Å². The minimum Gasteiger partial charge on any atom is -0.476 e. The summed E-state index contributed by atoms with van der Waals surface area (Å²) in [7, 11) is 1.51. The van der Waals surface area contributed by atoms with Gasteiger partial charge >= 0.3 is 5.97 Å². The molecule has 2 aromatic heterocycles. The fourth-order valence-corrected chi connectivity index (χ4v) is 2.81. The minimum atomic E-state index is -1.21. The zero-order valence-corrected chi connectivity index (χ0v) is 12.4. The molecule has 0 bridgehead atoms. The molecule has 1 unspecified atom stereocenters. The molecule has 7 heteroatoms. The summed E-state index contributed by atoms with van der Waals surface area (Å²) in [6, 6.07) is 3.51. The zero-order valence-electron chi connectivity index (χ0n) is 12.4. The van der Waals surface area contributed by atoms with Crippen LogP contribution in [0.2, 0.25) is 0 Å². The molecule has 7 nitrogen and oxygen atoms in total. The number of rotatable bonds is 2. The van der Waals surface area contributed by atoms with E-state index in [1.54, 1.807) is 23.5 Å². The molecule has 22 heavy (non-hydrogen) atoms. The number of benzene rings is 1. The molecule has 1 atom stereocenters. The summed E-state index contributed by atoms with van der Waals surface area (Å²) >= 11 is 0. The summed E-state index contributed by atoms with van der Waals surface area (Å²) in [5, 5.41) is 19.7. The highest BCUT2D eigenvalue weighted by Gasteiger charge is 2.21. The van der Waals surface area contributed by atoms with Crippen molar-refractivity contribution in [2.24, 2.45) is 7.05 Å². The second kappa shape index (κ2) is 4.67. The highest BCUT2D eigenvalue weighted by molar-refractivity contribution is 5.95. The van der Waals surface area contributed by atoms with Crippen molar-refractivity contribution in [1.82, 2.24) is 14.0 Å². The summed E-state index contributed by atoms with van der Waals surface area (Å²) in [6.45, 7) is 3.44. The van der Waals surface area contributed by atoms with Crippen molar-refractivity contribution >= 4 is 22.5 Å². The second-order valence-electron chi connectivity index (χ2n) is 5.38. The van der Waals surface area contributed by atoms with Crippen LogP contribution in [0.25, 0.3) is 16.6 Å². The van der Waals surface area contributed by atoms with Gasteiger partial charge in [-0.25, -0.2) is 9.78 Å². The zero-order chi connectivity index (χ0) is 16.2. The molecule has 0 spiro atoms. The number of nitrogens with zero attached hydrogens (tertiary/aromatic N) is 3. The van der Waals surface area contributed by atoms with Gasteiger partial charge in [0.15, 0.2) is 11.3 Å². The first-order valence-electron chi connectivity index (χ1n) is 6.74. The van der Waals surface area contributed by atoms with Crippen molar-refractivity contribution in [3.8, 4) is 0 Å². The molecule has 0 radical (unpaired) electrons. The van der Waals surface area contributed by atoms with Crippen molar-refractivity contribution in [2.45, 2.75) is 20.0 Å². The molecule has 3 rings (SSSR count). The Hall–Kier alpha value is -2.67. The van der Waals surface area contributed by atoms with E-state index in [0.717, 1.165) is 5.56 Å². The van der Waals surface area contributed by atoms with Crippen molar-refractivity contribution in [1.29, 1.82) is 0 Å². The lowest BCUT2D eigenvalue weighted by atomic mass is 10.0. The average Bonchev–Trinajstić information content (AvgIpc) is 2.88. The highest BCUT2D eigenvalue weighted by atomic mass is 16.4. The Morgan fingerprint density at radius 1 is 1.36 bits per heavy atom. The number of aromatic nitrogens is 3. The van der Waals surface area contributed by atoms with Gasteiger partial charge in [-0.1, -0.05) is 6.07 Å². The second-order valence-corrected chi connectivity index (χ2v) is 5.38. The number of aryl methyl sites for hydroxylation is 2. The molecule has 2 N–H and O–H groups in total. The summed E-state index contributed by atoms with van der Waals surface area (Å²) in [5.74, 6) is -1.21. The lowest BCUT2D eigenvalue weighted by molar-refractivity contribution is 0.0692. The smallest absolute Gasteiger partial charge is 0.358 e. The summed E-state index contributed by atoms with van der Waals surface area (Å²) < 4.78 is 2.81. The Kier molecular flexibility index (Phi) is 3.03. The monoisotopic (exact) mass is 301 g/mol. The standard InChI is InChI=1S/C15H15N3O4/c1-7-4-9(8(2)19)12-10(5-7)14(20)17(3)13-11(15(21)22)16-6-18(12)13/h4-6,8,19H,1-3H3,(H,21,22). The van der Waals surface area contributed by atoms with Gasteiger partial charge in [0, 0.05) is 12.6 Å². The number of fused-ring (bicyclic) bond motifs is 3. The number of imidazole rings is 1. The Bertz CT molecular complexity index is 982. The maximum Gasteiger partial charge on any atom is 0.358 e. The molecule has 0 aliphatic carbocycles. The fraction of sp³-hybridized carbons (Fsp3) is 0.267. The third-order valence-corrected chi connectivity index (χ3v) is 3.77. The third-order valence-electron chi connectivity index (χ3n) is 3.77. The Morgan fingerprint density at radius 3 is 2.64 bits per heavy atom.